The minimum absolute atomic E-state index is 0.555. The number of hydrogen-bond acceptors (Lipinski definition) is 3. The van der Waals surface area contributed by atoms with Gasteiger partial charge in [-0.05, 0) is 12.8 Å². The van der Waals surface area contributed by atoms with Crippen molar-refractivity contribution >= 4 is 31.9 Å². The van der Waals surface area contributed by atoms with Crippen LogP contribution in [0.15, 0.2) is 0 Å². The summed E-state index contributed by atoms with van der Waals surface area (Å²) in [5, 5.41) is 6.22. The second-order valence-corrected chi connectivity index (χ2v) is 3.38. The summed E-state index contributed by atoms with van der Waals surface area (Å²) in [7, 11) is 0. The third-order valence-electron chi connectivity index (χ3n) is 0.819. The maximum Gasteiger partial charge on any atom is 0.0861 e. The fourth-order valence-corrected chi connectivity index (χ4v) is 0.787. The first-order valence-electron chi connectivity index (χ1n) is 3.45. The van der Waals surface area contributed by atoms with E-state index in [2.05, 4.69) is 46.7 Å². The van der Waals surface area contributed by atoms with Crippen LogP contribution in [0, 0.1) is 0 Å². The monoisotopic (exact) mass is 290 g/mol. The van der Waals surface area contributed by atoms with Gasteiger partial charge in [0.05, 0.1) is 13.2 Å². The van der Waals surface area contributed by atoms with Gasteiger partial charge in [-0.2, -0.15) is 0 Å². The fourth-order valence-electron chi connectivity index (χ4n) is 0.329. The molecule has 11 heavy (non-hydrogen) atoms. The Balaban J connectivity index is 2.69. The zero-order chi connectivity index (χ0) is 8.36. The number of halogens is 2. The third-order valence-corrected chi connectivity index (χ3v) is 1.94. The van der Waals surface area contributed by atoms with Gasteiger partial charge in [-0.25, -0.2) is 9.78 Å². The van der Waals surface area contributed by atoms with Crippen LogP contribution in [0.4, 0.5) is 0 Å². The summed E-state index contributed by atoms with van der Waals surface area (Å²) in [6.45, 7) is 1.11. The van der Waals surface area contributed by atoms with Crippen LogP contribution < -0.4 is 0 Å². The highest BCUT2D eigenvalue weighted by molar-refractivity contribution is 9.09. The summed E-state index contributed by atoms with van der Waals surface area (Å²) in [4.78, 5) is 9.31. The van der Waals surface area contributed by atoms with E-state index in [9.17, 15) is 0 Å². The van der Waals surface area contributed by atoms with Gasteiger partial charge < -0.3 is 0 Å². The molecule has 0 unspecified atom stereocenters. The Labute approximate surface area is 83.5 Å². The lowest BCUT2D eigenvalue weighted by Crippen LogP contribution is -2.00. The molecule has 0 saturated carbocycles. The summed E-state index contributed by atoms with van der Waals surface area (Å²) in [5.41, 5.74) is 0. The lowest BCUT2D eigenvalue weighted by atomic mass is 10.5. The molecule has 0 aromatic rings. The molecule has 0 aromatic heterocycles. The molecule has 0 rings (SSSR count). The van der Waals surface area contributed by atoms with Gasteiger partial charge in [0.1, 0.15) is 0 Å². The van der Waals surface area contributed by atoms with E-state index < -0.39 is 0 Å². The van der Waals surface area contributed by atoms with Crippen molar-refractivity contribution in [3.8, 4) is 0 Å². The first kappa shape index (κ1) is 11.8. The van der Waals surface area contributed by atoms with Crippen LogP contribution in [0.2, 0.25) is 0 Å². The van der Waals surface area contributed by atoms with Crippen molar-refractivity contribution < 1.29 is 14.8 Å². The predicted molar refractivity (Wildman–Crippen MR) is 49.8 cm³/mol. The van der Waals surface area contributed by atoms with Crippen molar-refractivity contribution in [2.45, 2.75) is 12.8 Å². The smallest absolute Gasteiger partial charge is 0.0861 e. The molecule has 68 valence electrons. The first-order valence-corrected chi connectivity index (χ1v) is 5.69. The molecule has 0 aliphatic carbocycles. The molecule has 0 aliphatic rings. The summed E-state index contributed by atoms with van der Waals surface area (Å²) < 4.78 is 0. The van der Waals surface area contributed by atoms with E-state index in [1.165, 1.54) is 0 Å². The third kappa shape index (κ3) is 10.8. The summed E-state index contributed by atoms with van der Waals surface area (Å²) in [5.74, 6) is 0. The number of alkyl halides is 2. The quantitative estimate of drug-likeness (QED) is 0.298. The predicted octanol–water partition coefficient (Wildman–Crippen LogP) is 2.44. The standard InChI is InChI=1S/C6H12Br2O3/c7-3-1-5-9-11-10-6-2-4-8/h1-6H2. The second kappa shape index (κ2) is 10.8. The van der Waals surface area contributed by atoms with E-state index in [0.717, 1.165) is 23.5 Å². The van der Waals surface area contributed by atoms with Crippen LogP contribution in [-0.4, -0.2) is 23.9 Å². The first-order chi connectivity index (χ1) is 5.41. The average Bonchev–Trinajstić information content (AvgIpc) is 2.03. The van der Waals surface area contributed by atoms with Gasteiger partial charge in [0.25, 0.3) is 0 Å². The van der Waals surface area contributed by atoms with Gasteiger partial charge in [0.15, 0.2) is 0 Å². The van der Waals surface area contributed by atoms with E-state index in [4.69, 9.17) is 0 Å². The van der Waals surface area contributed by atoms with Gasteiger partial charge in [-0.1, -0.05) is 36.9 Å². The van der Waals surface area contributed by atoms with Crippen LogP contribution in [0.25, 0.3) is 0 Å². The highest BCUT2D eigenvalue weighted by Crippen LogP contribution is 1.92. The molecule has 0 amide bonds. The van der Waals surface area contributed by atoms with Crippen LogP contribution in [0.1, 0.15) is 12.8 Å². The zero-order valence-corrected chi connectivity index (χ0v) is 9.40. The number of rotatable bonds is 8. The number of hydrogen-bond donors (Lipinski definition) is 0. The Bertz CT molecular complexity index is 64.8. The minimum Gasteiger partial charge on any atom is -0.206 e. The molecule has 0 N–H and O–H groups in total. The van der Waals surface area contributed by atoms with Crippen molar-refractivity contribution in [3.05, 3.63) is 0 Å². The Kier molecular flexibility index (Phi) is 11.7. The van der Waals surface area contributed by atoms with Crippen LogP contribution in [0.3, 0.4) is 0 Å². The molecule has 3 nitrogen and oxygen atoms in total. The van der Waals surface area contributed by atoms with E-state index in [0.29, 0.717) is 13.2 Å². The molecule has 0 saturated heterocycles. The Hall–Kier alpha value is 0.840. The second-order valence-electron chi connectivity index (χ2n) is 1.80. The molecule has 0 fully saturated rings. The molecule has 0 spiro atoms. The van der Waals surface area contributed by atoms with Crippen molar-refractivity contribution in [2.24, 2.45) is 0 Å². The molecular formula is C6H12Br2O3. The van der Waals surface area contributed by atoms with Crippen LogP contribution >= 0.6 is 31.9 Å². The molecule has 0 radical (unpaired) electrons. The molecule has 0 bridgehead atoms. The summed E-state index contributed by atoms with van der Waals surface area (Å²) in [6.07, 6.45) is 1.84. The topological polar surface area (TPSA) is 27.7 Å². The van der Waals surface area contributed by atoms with E-state index in [-0.39, 0.29) is 0 Å². The Morgan fingerprint density at radius 2 is 1.27 bits per heavy atom. The largest absolute Gasteiger partial charge is 0.206 e. The SMILES string of the molecule is BrCCCOOOCCCBr. The lowest BCUT2D eigenvalue weighted by Gasteiger charge is -2.00. The highest BCUT2D eigenvalue weighted by atomic mass is 79.9. The van der Waals surface area contributed by atoms with Crippen molar-refractivity contribution in [1.82, 2.24) is 0 Å². The fraction of sp³-hybridized carbons (Fsp3) is 1.00. The van der Waals surface area contributed by atoms with Gasteiger partial charge >= 0.3 is 0 Å². The van der Waals surface area contributed by atoms with Gasteiger partial charge in [0.2, 0.25) is 0 Å². The molecule has 0 heterocycles. The minimum atomic E-state index is 0.555. The maximum absolute atomic E-state index is 4.65. The summed E-state index contributed by atoms with van der Waals surface area (Å²) in [6, 6.07) is 0. The van der Waals surface area contributed by atoms with E-state index in [1.54, 1.807) is 0 Å². The summed E-state index contributed by atoms with van der Waals surface area (Å²) >= 11 is 6.52. The van der Waals surface area contributed by atoms with E-state index in [1.807, 2.05) is 0 Å². The van der Waals surface area contributed by atoms with Gasteiger partial charge in [-0.15, -0.1) is 0 Å². The molecule has 0 atom stereocenters. The Morgan fingerprint density at radius 1 is 0.818 bits per heavy atom. The van der Waals surface area contributed by atoms with Crippen molar-refractivity contribution in [1.29, 1.82) is 0 Å². The van der Waals surface area contributed by atoms with Crippen LogP contribution in [0.5, 0.6) is 0 Å². The van der Waals surface area contributed by atoms with Gasteiger partial charge in [0, 0.05) is 10.7 Å². The highest BCUT2D eigenvalue weighted by Gasteiger charge is 1.89. The zero-order valence-electron chi connectivity index (χ0n) is 6.22. The molecular weight excluding hydrogens is 280 g/mol. The lowest BCUT2D eigenvalue weighted by molar-refractivity contribution is -0.512. The average molecular weight is 292 g/mol. The molecule has 0 aliphatic heterocycles. The molecule has 5 heteroatoms. The normalized spacial score (nSPS) is 10.4. The molecule has 0 aromatic carbocycles. The van der Waals surface area contributed by atoms with Crippen molar-refractivity contribution in [2.75, 3.05) is 23.9 Å². The van der Waals surface area contributed by atoms with Crippen LogP contribution in [-0.2, 0) is 14.8 Å². The van der Waals surface area contributed by atoms with Gasteiger partial charge in [-0.3, -0.25) is 0 Å². The van der Waals surface area contributed by atoms with E-state index >= 15 is 0 Å². The Morgan fingerprint density at radius 3 is 1.64 bits per heavy atom. The maximum atomic E-state index is 4.65. The van der Waals surface area contributed by atoms with Crippen molar-refractivity contribution in [3.63, 3.8) is 0 Å².